The molecule has 0 spiro atoms. The SMILES string of the molecule is CCCCCCCCN(CCCCCCCC)C(=O)OCCCCCCN1CCCCCCOC(=O)N2CCCCCCCC(CCCCC1)CC2. The Bertz CT molecular complexity index is 810. The topological polar surface area (TPSA) is 62.3 Å². The molecule has 0 aliphatic carbocycles. The Labute approximate surface area is 323 Å². The Morgan fingerprint density at radius 2 is 1.12 bits per heavy atom. The maximum atomic E-state index is 13.0. The number of carbonyl (C=O) groups is 2. The smallest absolute Gasteiger partial charge is 0.409 e. The second-order valence-electron chi connectivity index (χ2n) is 16.5. The van der Waals surface area contributed by atoms with E-state index in [9.17, 15) is 9.59 Å². The molecule has 0 saturated carbocycles. The van der Waals surface area contributed by atoms with E-state index in [2.05, 4.69) is 18.7 Å². The van der Waals surface area contributed by atoms with Crippen LogP contribution in [0.15, 0.2) is 0 Å². The predicted molar refractivity (Wildman–Crippen MR) is 220 cm³/mol. The van der Waals surface area contributed by atoms with Crippen LogP contribution in [0.25, 0.3) is 0 Å². The highest BCUT2D eigenvalue weighted by molar-refractivity contribution is 5.67. The molecule has 2 aliphatic rings. The molecule has 2 rings (SSSR count). The van der Waals surface area contributed by atoms with Gasteiger partial charge in [0.05, 0.1) is 13.2 Å². The molecule has 7 nitrogen and oxygen atoms in total. The van der Waals surface area contributed by atoms with Crippen molar-refractivity contribution in [3.05, 3.63) is 0 Å². The number of fused-ring (bicyclic) bond motifs is 3. The molecule has 2 aliphatic heterocycles. The molecule has 2 heterocycles. The molecule has 1 unspecified atom stereocenters. The number of rotatable bonds is 21. The molecule has 7 heteroatoms. The fourth-order valence-electron chi connectivity index (χ4n) is 8.16. The lowest BCUT2D eigenvalue weighted by Crippen LogP contribution is -2.34. The van der Waals surface area contributed by atoms with Gasteiger partial charge in [-0.2, -0.15) is 0 Å². The fraction of sp³-hybridized carbons (Fsp3) is 0.956. The molecule has 2 saturated heterocycles. The van der Waals surface area contributed by atoms with Crippen LogP contribution in [-0.2, 0) is 9.47 Å². The maximum absolute atomic E-state index is 13.0. The van der Waals surface area contributed by atoms with Crippen LogP contribution in [0.2, 0.25) is 0 Å². The van der Waals surface area contributed by atoms with Gasteiger partial charge in [-0.05, 0) is 83.3 Å². The van der Waals surface area contributed by atoms with Gasteiger partial charge in [-0.3, -0.25) is 0 Å². The highest BCUT2D eigenvalue weighted by atomic mass is 16.6. The first-order valence-electron chi connectivity index (χ1n) is 23.2. The Morgan fingerprint density at radius 1 is 0.596 bits per heavy atom. The summed E-state index contributed by atoms with van der Waals surface area (Å²) in [6.07, 6.45) is 38.0. The molecule has 52 heavy (non-hydrogen) atoms. The summed E-state index contributed by atoms with van der Waals surface area (Å²) in [7, 11) is 0. The minimum absolute atomic E-state index is 0.0718. The van der Waals surface area contributed by atoms with E-state index in [1.807, 2.05) is 9.80 Å². The van der Waals surface area contributed by atoms with Crippen molar-refractivity contribution in [3.63, 3.8) is 0 Å². The van der Waals surface area contributed by atoms with Gasteiger partial charge in [0.1, 0.15) is 0 Å². The standard InChI is InChI=1S/C45H87N3O4/c1-3-5-7-9-13-26-37-47(38-27-14-10-8-6-4-2)44(49)51-41-29-18-16-23-34-46-35-24-17-19-30-42-52-45(50)48-39-28-15-11-12-21-31-43(33-40-48)32-22-20-25-36-46/h43H,3-42H2,1-2H3. The van der Waals surface area contributed by atoms with E-state index in [1.54, 1.807) is 0 Å². The molecule has 2 bridgehead atoms. The quantitative estimate of drug-likeness (QED) is 0.110. The number of unbranched alkanes of at least 4 members (excludes halogenated alkanes) is 13. The van der Waals surface area contributed by atoms with Gasteiger partial charge in [-0.25, -0.2) is 9.59 Å². The van der Waals surface area contributed by atoms with Crippen molar-refractivity contribution in [1.29, 1.82) is 0 Å². The molecular weight excluding hydrogens is 647 g/mol. The Hall–Kier alpha value is -1.50. The summed E-state index contributed by atoms with van der Waals surface area (Å²) in [6.45, 7) is 12.7. The van der Waals surface area contributed by atoms with Crippen molar-refractivity contribution in [1.82, 2.24) is 14.7 Å². The predicted octanol–water partition coefficient (Wildman–Crippen LogP) is 12.9. The van der Waals surface area contributed by atoms with E-state index in [4.69, 9.17) is 9.47 Å². The van der Waals surface area contributed by atoms with Gasteiger partial charge < -0.3 is 24.2 Å². The molecule has 2 fully saturated rings. The summed E-state index contributed by atoms with van der Waals surface area (Å²) in [4.78, 5) is 32.7. The summed E-state index contributed by atoms with van der Waals surface area (Å²) in [5.74, 6) is 0.742. The molecule has 0 aromatic heterocycles. The normalized spacial score (nSPS) is 19.7. The van der Waals surface area contributed by atoms with Gasteiger partial charge >= 0.3 is 12.2 Å². The minimum atomic E-state index is -0.0819. The van der Waals surface area contributed by atoms with E-state index >= 15 is 0 Å². The zero-order valence-electron chi connectivity index (χ0n) is 34.8. The minimum Gasteiger partial charge on any atom is -0.449 e. The Balaban J connectivity index is 1.70. The first-order chi connectivity index (χ1) is 25.6. The van der Waals surface area contributed by atoms with E-state index in [0.717, 1.165) is 83.5 Å². The number of amides is 2. The van der Waals surface area contributed by atoms with Crippen LogP contribution in [0.4, 0.5) is 9.59 Å². The summed E-state index contributed by atoms with van der Waals surface area (Å²) in [5.41, 5.74) is 0. The summed E-state index contributed by atoms with van der Waals surface area (Å²) in [5, 5.41) is 0. The van der Waals surface area contributed by atoms with E-state index in [0.29, 0.717) is 13.2 Å². The van der Waals surface area contributed by atoms with Gasteiger partial charge in [-0.1, -0.05) is 155 Å². The van der Waals surface area contributed by atoms with Gasteiger partial charge in [0.25, 0.3) is 0 Å². The first-order valence-corrected chi connectivity index (χ1v) is 23.2. The molecule has 0 N–H and O–H groups in total. The summed E-state index contributed by atoms with van der Waals surface area (Å²) in [6, 6.07) is 0. The zero-order chi connectivity index (χ0) is 37.2. The van der Waals surface area contributed by atoms with Gasteiger partial charge in [-0.15, -0.1) is 0 Å². The third kappa shape index (κ3) is 25.5. The van der Waals surface area contributed by atoms with Crippen molar-refractivity contribution in [2.75, 3.05) is 59.0 Å². The number of nitrogens with zero attached hydrogens (tertiary/aromatic N) is 3. The third-order valence-corrected chi connectivity index (χ3v) is 11.7. The molecule has 0 aromatic rings. The van der Waals surface area contributed by atoms with Crippen LogP contribution in [0, 0.1) is 5.92 Å². The molecular formula is C45H87N3O4. The number of hydrogen-bond donors (Lipinski definition) is 0. The first kappa shape index (κ1) is 46.7. The second kappa shape index (κ2) is 34.0. The van der Waals surface area contributed by atoms with Gasteiger partial charge in [0.2, 0.25) is 0 Å². The third-order valence-electron chi connectivity index (χ3n) is 11.7. The van der Waals surface area contributed by atoms with Crippen LogP contribution >= 0.6 is 0 Å². The summed E-state index contributed by atoms with van der Waals surface area (Å²) >= 11 is 0. The highest BCUT2D eigenvalue weighted by Gasteiger charge is 2.19. The van der Waals surface area contributed by atoms with Crippen LogP contribution in [0.5, 0.6) is 0 Å². The largest absolute Gasteiger partial charge is 0.449 e. The molecule has 306 valence electrons. The monoisotopic (exact) mass is 734 g/mol. The summed E-state index contributed by atoms with van der Waals surface area (Å²) < 4.78 is 11.6. The molecule has 0 radical (unpaired) electrons. The van der Waals surface area contributed by atoms with Crippen molar-refractivity contribution in [2.24, 2.45) is 5.92 Å². The average molecular weight is 734 g/mol. The van der Waals surface area contributed by atoms with Crippen molar-refractivity contribution in [2.45, 2.75) is 213 Å². The zero-order valence-corrected chi connectivity index (χ0v) is 34.8. The van der Waals surface area contributed by atoms with Crippen molar-refractivity contribution >= 4 is 12.2 Å². The van der Waals surface area contributed by atoms with Crippen LogP contribution in [0.3, 0.4) is 0 Å². The molecule has 1 atom stereocenters. The lowest BCUT2D eigenvalue weighted by molar-refractivity contribution is 0.0969. The number of carbonyl (C=O) groups excluding carboxylic acids is 2. The lowest BCUT2D eigenvalue weighted by atomic mass is 9.92. The number of cyclic esters (lactones) is 1. The van der Waals surface area contributed by atoms with Gasteiger partial charge in [0.15, 0.2) is 0 Å². The van der Waals surface area contributed by atoms with Crippen LogP contribution in [0.1, 0.15) is 213 Å². The number of ether oxygens (including phenoxy) is 2. The number of hydrogen-bond acceptors (Lipinski definition) is 5. The Kier molecular flexibility index (Phi) is 30.5. The van der Waals surface area contributed by atoms with E-state index < -0.39 is 0 Å². The molecule has 2 amide bonds. The van der Waals surface area contributed by atoms with Crippen molar-refractivity contribution in [3.8, 4) is 0 Å². The van der Waals surface area contributed by atoms with Crippen LogP contribution < -0.4 is 0 Å². The Morgan fingerprint density at radius 3 is 1.79 bits per heavy atom. The van der Waals surface area contributed by atoms with E-state index in [1.165, 1.54) is 167 Å². The fourth-order valence-corrected chi connectivity index (χ4v) is 8.16. The average Bonchev–Trinajstić information content (AvgIpc) is 3.20. The second-order valence-corrected chi connectivity index (χ2v) is 16.5. The van der Waals surface area contributed by atoms with E-state index in [-0.39, 0.29) is 12.2 Å². The lowest BCUT2D eigenvalue weighted by Gasteiger charge is -2.25. The van der Waals surface area contributed by atoms with Crippen LogP contribution in [-0.4, -0.2) is 85.9 Å². The maximum Gasteiger partial charge on any atom is 0.409 e. The van der Waals surface area contributed by atoms with Gasteiger partial charge in [0, 0.05) is 26.2 Å². The van der Waals surface area contributed by atoms with Crippen molar-refractivity contribution < 1.29 is 19.1 Å². The highest BCUT2D eigenvalue weighted by Crippen LogP contribution is 2.24. The molecule has 0 aromatic carbocycles.